The number of hydrogen-bond acceptors (Lipinski definition) is 4. The number of aromatic nitrogens is 2. The van der Waals surface area contributed by atoms with Crippen molar-refractivity contribution in [1.29, 1.82) is 5.26 Å². The van der Waals surface area contributed by atoms with Crippen molar-refractivity contribution in [3.63, 3.8) is 0 Å². The zero-order chi connectivity index (χ0) is 13.4. The van der Waals surface area contributed by atoms with Crippen LogP contribution in [0.15, 0.2) is 0 Å². The van der Waals surface area contributed by atoms with Crippen molar-refractivity contribution in [1.82, 2.24) is 9.78 Å². The zero-order valence-corrected chi connectivity index (χ0v) is 11.5. The molecule has 0 amide bonds. The molecule has 0 atom stereocenters. The lowest BCUT2D eigenvalue weighted by molar-refractivity contribution is 0.131. The van der Waals surface area contributed by atoms with Crippen LogP contribution in [0.25, 0.3) is 0 Å². The summed E-state index contributed by atoms with van der Waals surface area (Å²) in [6.45, 7) is 6.38. The molecule has 5 heteroatoms. The Balaban J connectivity index is 2.30. The molecule has 1 N–H and O–H groups in total. The van der Waals surface area contributed by atoms with Gasteiger partial charge in [0, 0.05) is 26.8 Å². The van der Waals surface area contributed by atoms with Crippen molar-refractivity contribution < 1.29 is 4.74 Å². The third kappa shape index (κ3) is 4.04. The van der Waals surface area contributed by atoms with Gasteiger partial charge in [-0.1, -0.05) is 13.3 Å². The molecular weight excluding hydrogens is 228 g/mol. The van der Waals surface area contributed by atoms with Crippen LogP contribution < -0.4 is 5.32 Å². The van der Waals surface area contributed by atoms with Crippen molar-refractivity contribution in [2.24, 2.45) is 7.05 Å². The van der Waals surface area contributed by atoms with E-state index in [2.05, 4.69) is 23.4 Å². The molecule has 0 aliphatic rings. The van der Waals surface area contributed by atoms with Gasteiger partial charge in [-0.25, -0.2) is 0 Å². The topological polar surface area (TPSA) is 62.9 Å². The first-order chi connectivity index (χ1) is 8.70. The second-order valence-electron chi connectivity index (χ2n) is 4.29. The van der Waals surface area contributed by atoms with Gasteiger partial charge in [0.2, 0.25) is 0 Å². The van der Waals surface area contributed by atoms with Gasteiger partial charge in [0.05, 0.1) is 5.69 Å². The minimum atomic E-state index is 0.629. The van der Waals surface area contributed by atoms with Crippen LogP contribution in [0.5, 0.6) is 0 Å². The number of aryl methyl sites for hydroxylation is 2. The molecule has 5 nitrogen and oxygen atoms in total. The quantitative estimate of drug-likeness (QED) is 0.719. The lowest BCUT2D eigenvalue weighted by Crippen LogP contribution is -2.10. The molecule has 18 heavy (non-hydrogen) atoms. The van der Waals surface area contributed by atoms with Gasteiger partial charge in [-0.15, -0.1) is 0 Å². The Labute approximate surface area is 109 Å². The lowest BCUT2D eigenvalue weighted by atomic mass is 10.2. The fourth-order valence-corrected chi connectivity index (χ4v) is 1.72. The number of rotatable bonds is 8. The summed E-state index contributed by atoms with van der Waals surface area (Å²) in [6.07, 6.45) is 3.21. The number of nitrogens with one attached hydrogen (secondary N) is 1. The van der Waals surface area contributed by atoms with Crippen LogP contribution in [-0.4, -0.2) is 29.5 Å². The number of anilines is 1. The van der Waals surface area contributed by atoms with Gasteiger partial charge in [0.15, 0.2) is 0 Å². The average molecular weight is 250 g/mol. The van der Waals surface area contributed by atoms with Gasteiger partial charge in [-0.05, 0) is 19.8 Å². The van der Waals surface area contributed by atoms with Crippen LogP contribution >= 0.6 is 0 Å². The summed E-state index contributed by atoms with van der Waals surface area (Å²) in [6, 6.07) is 2.18. The Morgan fingerprint density at radius 3 is 2.78 bits per heavy atom. The van der Waals surface area contributed by atoms with E-state index in [1.165, 1.54) is 0 Å². The molecule has 0 saturated heterocycles. The predicted octanol–water partition coefficient (Wildman–Crippen LogP) is 2.22. The average Bonchev–Trinajstić information content (AvgIpc) is 2.62. The lowest BCUT2D eigenvalue weighted by Gasteiger charge is -2.07. The van der Waals surface area contributed by atoms with Crippen LogP contribution in [0.4, 0.5) is 5.82 Å². The standard InChI is InChI=1S/C13H22N4O/c1-4-5-8-18-9-6-7-15-13-12(10-14)11(2)16-17(13)3/h15H,4-9H2,1-3H3. The highest BCUT2D eigenvalue weighted by atomic mass is 16.5. The molecule has 0 saturated carbocycles. The fourth-order valence-electron chi connectivity index (χ4n) is 1.72. The van der Waals surface area contributed by atoms with E-state index in [-0.39, 0.29) is 0 Å². The van der Waals surface area contributed by atoms with E-state index in [0.717, 1.165) is 50.5 Å². The van der Waals surface area contributed by atoms with E-state index in [0.29, 0.717) is 5.56 Å². The van der Waals surface area contributed by atoms with Gasteiger partial charge in [0.1, 0.15) is 17.5 Å². The van der Waals surface area contributed by atoms with Gasteiger partial charge < -0.3 is 10.1 Å². The first-order valence-electron chi connectivity index (χ1n) is 6.46. The molecule has 1 aromatic rings. The number of hydrogen-bond donors (Lipinski definition) is 1. The summed E-state index contributed by atoms with van der Waals surface area (Å²) < 4.78 is 7.19. The van der Waals surface area contributed by atoms with Crippen molar-refractivity contribution in [3.05, 3.63) is 11.3 Å². The molecule has 0 aliphatic carbocycles. The monoisotopic (exact) mass is 250 g/mol. The molecule has 0 spiro atoms. The minimum Gasteiger partial charge on any atom is -0.381 e. The van der Waals surface area contributed by atoms with Gasteiger partial charge in [0.25, 0.3) is 0 Å². The van der Waals surface area contributed by atoms with Crippen LogP contribution in [0, 0.1) is 18.3 Å². The predicted molar refractivity (Wildman–Crippen MR) is 71.5 cm³/mol. The Kier molecular flexibility index (Phi) is 6.23. The number of nitriles is 1. The van der Waals surface area contributed by atoms with Crippen molar-refractivity contribution in [2.75, 3.05) is 25.1 Å². The molecular formula is C13H22N4O. The molecule has 0 fully saturated rings. The Hall–Kier alpha value is -1.54. The van der Waals surface area contributed by atoms with E-state index in [1.807, 2.05) is 14.0 Å². The summed E-state index contributed by atoms with van der Waals surface area (Å²) in [5, 5.41) is 16.5. The van der Waals surface area contributed by atoms with Crippen molar-refractivity contribution in [3.8, 4) is 6.07 Å². The highest BCUT2D eigenvalue weighted by Gasteiger charge is 2.11. The van der Waals surface area contributed by atoms with Crippen LogP contribution in [0.2, 0.25) is 0 Å². The van der Waals surface area contributed by atoms with Crippen LogP contribution in [0.1, 0.15) is 37.4 Å². The molecule has 0 unspecified atom stereocenters. The smallest absolute Gasteiger partial charge is 0.142 e. The highest BCUT2D eigenvalue weighted by Crippen LogP contribution is 2.16. The second kappa shape index (κ2) is 7.72. The van der Waals surface area contributed by atoms with Crippen molar-refractivity contribution in [2.45, 2.75) is 33.1 Å². The van der Waals surface area contributed by atoms with Gasteiger partial charge in [-0.3, -0.25) is 4.68 Å². The molecule has 0 aromatic carbocycles. The summed E-state index contributed by atoms with van der Waals surface area (Å²) in [7, 11) is 1.84. The second-order valence-corrected chi connectivity index (χ2v) is 4.29. The van der Waals surface area contributed by atoms with Crippen molar-refractivity contribution >= 4 is 5.82 Å². The Morgan fingerprint density at radius 1 is 1.39 bits per heavy atom. The van der Waals surface area contributed by atoms with E-state index >= 15 is 0 Å². The maximum Gasteiger partial charge on any atom is 0.142 e. The van der Waals surface area contributed by atoms with E-state index < -0.39 is 0 Å². The number of unbranched alkanes of at least 4 members (excludes halogenated alkanes) is 1. The summed E-state index contributed by atoms with van der Waals surface area (Å²) in [5.74, 6) is 0.795. The third-order valence-corrected chi connectivity index (χ3v) is 2.73. The summed E-state index contributed by atoms with van der Waals surface area (Å²) in [4.78, 5) is 0. The van der Waals surface area contributed by atoms with Crippen LogP contribution in [-0.2, 0) is 11.8 Å². The minimum absolute atomic E-state index is 0.629. The molecule has 1 rings (SSSR count). The SMILES string of the molecule is CCCCOCCCNc1c(C#N)c(C)nn1C. The maximum absolute atomic E-state index is 9.04. The molecule has 0 bridgehead atoms. The first-order valence-corrected chi connectivity index (χ1v) is 6.46. The first kappa shape index (κ1) is 14.5. The number of ether oxygens (including phenoxy) is 1. The molecule has 100 valence electrons. The normalized spacial score (nSPS) is 10.3. The molecule has 1 aromatic heterocycles. The van der Waals surface area contributed by atoms with Crippen LogP contribution in [0.3, 0.4) is 0 Å². The molecule has 0 radical (unpaired) electrons. The highest BCUT2D eigenvalue weighted by molar-refractivity contribution is 5.54. The summed E-state index contributed by atoms with van der Waals surface area (Å²) in [5.41, 5.74) is 1.39. The maximum atomic E-state index is 9.04. The van der Waals surface area contributed by atoms with Gasteiger partial charge >= 0.3 is 0 Å². The van der Waals surface area contributed by atoms with E-state index in [9.17, 15) is 0 Å². The zero-order valence-electron chi connectivity index (χ0n) is 11.5. The number of nitrogens with zero attached hydrogens (tertiary/aromatic N) is 3. The van der Waals surface area contributed by atoms with Gasteiger partial charge in [-0.2, -0.15) is 10.4 Å². The summed E-state index contributed by atoms with van der Waals surface area (Å²) >= 11 is 0. The molecule has 0 aliphatic heterocycles. The Bertz CT molecular complexity index is 406. The third-order valence-electron chi connectivity index (χ3n) is 2.73. The largest absolute Gasteiger partial charge is 0.381 e. The molecule has 1 heterocycles. The fraction of sp³-hybridized carbons (Fsp3) is 0.692. The van der Waals surface area contributed by atoms with E-state index in [1.54, 1.807) is 4.68 Å². The Morgan fingerprint density at radius 2 is 2.11 bits per heavy atom. The van der Waals surface area contributed by atoms with E-state index in [4.69, 9.17) is 10.00 Å².